The van der Waals surface area contributed by atoms with Crippen molar-refractivity contribution in [1.29, 1.82) is 0 Å². The molecule has 0 radical (unpaired) electrons. The third-order valence-electron chi connectivity index (χ3n) is 3.44. The van der Waals surface area contributed by atoms with E-state index in [1.165, 1.54) is 7.11 Å². The molecule has 0 bridgehead atoms. The van der Waals surface area contributed by atoms with E-state index >= 15 is 0 Å². The SMILES string of the molecule is COC(=O)C1CCN1CC1CCOCC1. The van der Waals surface area contributed by atoms with Crippen LogP contribution in [-0.4, -0.2) is 50.3 Å². The highest BCUT2D eigenvalue weighted by atomic mass is 16.5. The van der Waals surface area contributed by atoms with Crippen molar-refractivity contribution in [2.45, 2.75) is 25.3 Å². The molecule has 0 aliphatic carbocycles. The lowest BCUT2D eigenvalue weighted by Gasteiger charge is -2.41. The van der Waals surface area contributed by atoms with E-state index in [2.05, 4.69) is 4.90 Å². The summed E-state index contributed by atoms with van der Waals surface area (Å²) in [6.45, 7) is 3.82. The quantitative estimate of drug-likeness (QED) is 0.646. The second kappa shape index (κ2) is 4.94. The van der Waals surface area contributed by atoms with Crippen LogP contribution in [-0.2, 0) is 14.3 Å². The van der Waals surface area contributed by atoms with Crippen LogP contribution < -0.4 is 0 Å². The molecule has 4 heteroatoms. The number of rotatable bonds is 3. The largest absolute Gasteiger partial charge is 0.468 e. The predicted octanol–water partition coefficient (Wildman–Crippen LogP) is 0.660. The van der Waals surface area contributed by atoms with Gasteiger partial charge in [-0.1, -0.05) is 0 Å². The van der Waals surface area contributed by atoms with Crippen LogP contribution in [0, 0.1) is 5.92 Å². The van der Waals surface area contributed by atoms with E-state index in [1.807, 2.05) is 0 Å². The number of ether oxygens (including phenoxy) is 2. The van der Waals surface area contributed by atoms with Crippen molar-refractivity contribution in [2.75, 3.05) is 33.4 Å². The number of nitrogens with zero attached hydrogens (tertiary/aromatic N) is 1. The second-order valence-corrected chi connectivity index (χ2v) is 4.38. The molecule has 4 nitrogen and oxygen atoms in total. The van der Waals surface area contributed by atoms with Crippen LogP contribution in [0.25, 0.3) is 0 Å². The predicted molar refractivity (Wildman–Crippen MR) is 55.5 cm³/mol. The van der Waals surface area contributed by atoms with Gasteiger partial charge in [0.05, 0.1) is 7.11 Å². The van der Waals surface area contributed by atoms with E-state index in [9.17, 15) is 4.79 Å². The highest BCUT2D eigenvalue weighted by molar-refractivity contribution is 5.76. The van der Waals surface area contributed by atoms with E-state index in [-0.39, 0.29) is 12.0 Å². The van der Waals surface area contributed by atoms with Crippen LogP contribution in [0.1, 0.15) is 19.3 Å². The molecule has 2 aliphatic heterocycles. The first-order chi connectivity index (χ1) is 7.31. The first kappa shape index (κ1) is 10.9. The lowest BCUT2D eigenvalue weighted by Crippen LogP contribution is -2.54. The smallest absolute Gasteiger partial charge is 0.323 e. The van der Waals surface area contributed by atoms with Gasteiger partial charge >= 0.3 is 5.97 Å². The fourth-order valence-corrected chi connectivity index (χ4v) is 2.32. The Morgan fingerprint density at radius 2 is 2.13 bits per heavy atom. The minimum Gasteiger partial charge on any atom is -0.468 e. The molecule has 1 unspecified atom stereocenters. The first-order valence-corrected chi connectivity index (χ1v) is 5.71. The van der Waals surface area contributed by atoms with Crippen molar-refractivity contribution < 1.29 is 14.3 Å². The number of likely N-dealkylation sites (tertiary alicyclic amines) is 1. The van der Waals surface area contributed by atoms with Gasteiger partial charge in [-0.2, -0.15) is 0 Å². The molecule has 15 heavy (non-hydrogen) atoms. The Bertz CT molecular complexity index is 226. The molecular weight excluding hydrogens is 194 g/mol. The average Bonchev–Trinajstić information content (AvgIpc) is 2.25. The number of methoxy groups -OCH3 is 1. The molecule has 2 heterocycles. The van der Waals surface area contributed by atoms with Gasteiger partial charge in [0.1, 0.15) is 6.04 Å². The van der Waals surface area contributed by atoms with Crippen LogP contribution in [0.3, 0.4) is 0 Å². The Morgan fingerprint density at radius 1 is 1.40 bits per heavy atom. The van der Waals surface area contributed by atoms with E-state index < -0.39 is 0 Å². The summed E-state index contributed by atoms with van der Waals surface area (Å²) in [5.41, 5.74) is 0. The summed E-state index contributed by atoms with van der Waals surface area (Å²) in [7, 11) is 1.47. The van der Waals surface area contributed by atoms with Crippen LogP contribution >= 0.6 is 0 Å². The van der Waals surface area contributed by atoms with Crippen LogP contribution in [0.5, 0.6) is 0 Å². The third-order valence-corrected chi connectivity index (χ3v) is 3.44. The van der Waals surface area contributed by atoms with E-state index in [0.29, 0.717) is 5.92 Å². The summed E-state index contributed by atoms with van der Waals surface area (Å²) in [6.07, 6.45) is 3.21. The maximum atomic E-state index is 11.4. The molecule has 0 N–H and O–H groups in total. The van der Waals surface area contributed by atoms with E-state index in [4.69, 9.17) is 9.47 Å². The molecule has 0 saturated carbocycles. The van der Waals surface area contributed by atoms with Crippen molar-refractivity contribution in [1.82, 2.24) is 4.90 Å². The molecule has 2 rings (SSSR count). The van der Waals surface area contributed by atoms with E-state index in [0.717, 1.165) is 45.6 Å². The topological polar surface area (TPSA) is 38.8 Å². The number of carbonyl (C=O) groups is 1. The molecule has 0 aromatic rings. The minimum absolute atomic E-state index is 0.0258. The summed E-state index contributed by atoms with van der Waals surface area (Å²) in [4.78, 5) is 13.6. The number of carbonyl (C=O) groups excluding carboxylic acids is 1. The zero-order valence-corrected chi connectivity index (χ0v) is 9.28. The molecule has 0 amide bonds. The van der Waals surface area contributed by atoms with Gasteiger partial charge in [-0.05, 0) is 25.2 Å². The van der Waals surface area contributed by atoms with Gasteiger partial charge in [0.25, 0.3) is 0 Å². The van der Waals surface area contributed by atoms with Crippen LogP contribution in [0.15, 0.2) is 0 Å². The molecule has 0 aromatic heterocycles. The molecule has 2 fully saturated rings. The number of esters is 1. The lowest BCUT2D eigenvalue weighted by molar-refractivity contribution is -0.152. The van der Waals surface area contributed by atoms with Gasteiger partial charge < -0.3 is 9.47 Å². The van der Waals surface area contributed by atoms with Gasteiger partial charge in [0.15, 0.2) is 0 Å². The number of hydrogen-bond donors (Lipinski definition) is 0. The molecule has 1 atom stereocenters. The van der Waals surface area contributed by atoms with Crippen molar-refractivity contribution >= 4 is 5.97 Å². The monoisotopic (exact) mass is 213 g/mol. The van der Waals surface area contributed by atoms with Crippen molar-refractivity contribution in [3.8, 4) is 0 Å². The van der Waals surface area contributed by atoms with Gasteiger partial charge in [0, 0.05) is 26.3 Å². The van der Waals surface area contributed by atoms with E-state index in [1.54, 1.807) is 0 Å². The van der Waals surface area contributed by atoms with Crippen molar-refractivity contribution in [3.05, 3.63) is 0 Å². The van der Waals surface area contributed by atoms with Crippen LogP contribution in [0.2, 0.25) is 0 Å². The molecular formula is C11H19NO3. The second-order valence-electron chi connectivity index (χ2n) is 4.38. The van der Waals surface area contributed by atoms with Crippen molar-refractivity contribution in [2.24, 2.45) is 5.92 Å². The highest BCUT2D eigenvalue weighted by Crippen LogP contribution is 2.24. The molecule has 0 spiro atoms. The first-order valence-electron chi connectivity index (χ1n) is 5.71. The molecule has 2 aliphatic rings. The minimum atomic E-state index is -0.0756. The Morgan fingerprint density at radius 3 is 2.67 bits per heavy atom. The zero-order chi connectivity index (χ0) is 10.7. The Labute approximate surface area is 90.5 Å². The third kappa shape index (κ3) is 2.49. The maximum absolute atomic E-state index is 11.4. The van der Waals surface area contributed by atoms with Crippen molar-refractivity contribution in [3.63, 3.8) is 0 Å². The standard InChI is InChI=1S/C11H19NO3/c1-14-11(13)10-2-5-12(10)8-9-3-6-15-7-4-9/h9-10H,2-8H2,1H3. The van der Waals surface area contributed by atoms with Gasteiger partial charge in [0.2, 0.25) is 0 Å². The molecule has 86 valence electrons. The maximum Gasteiger partial charge on any atom is 0.323 e. The summed E-state index contributed by atoms with van der Waals surface area (Å²) in [6, 6.07) is 0.0258. The fraction of sp³-hybridized carbons (Fsp3) is 0.909. The average molecular weight is 213 g/mol. The van der Waals surface area contributed by atoms with Crippen LogP contribution in [0.4, 0.5) is 0 Å². The summed E-state index contributed by atoms with van der Waals surface area (Å²) in [5.74, 6) is 0.625. The molecule has 0 aromatic carbocycles. The zero-order valence-electron chi connectivity index (χ0n) is 9.28. The fourth-order valence-electron chi connectivity index (χ4n) is 2.32. The molecule has 2 saturated heterocycles. The Balaban J connectivity index is 1.76. The summed E-state index contributed by atoms with van der Waals surface area (Å²) < 4.78 is 10.1. The Hall–Kier alpha value is -0.610. The summed E-state index contributed by atoms with van der Waals surface area (Å²) >= 11 is 0. The Kier molecular flexibility index (Phi) is 3.59. The highest BCUT2D eigenvalue weighted by Gasteiger charge is 2.36. The van der Waals surface area contributed by atoms with Gasteiger partial charge in [-0.3, -0.25) is 9.69 Å². The normalized spacial score (nSPS) is 28.5. The number of hydrogen-bond acceptors (Lipinski definition) is 4. The summed E-state index contributed by atoms with van der Waals surface area (Å²) in [5, 5.41) is 0. The van der Waals surface area contributed by atoms with Gasteiger partial charge in [-0.15, -0.1) is 0 Å². The lowest BCUT2D eigenvalue weighted by atomic mass is 9.95. The van der Waals surface area contributed by atoms with Gasteiger partial charge in [-0.25, -0.2) is 0 Å².